The summed E-state index contributed by atoms with van der Waals surface area (Å²) in [6.07, 6.45) is 0.859. The molecule has 156 valence electrons. The van der Waals surface area contributed by atoms with E-state index in [1.54, 1.807) is 4.90 Å². The van der Waals surface area contributed by atoms with Crippen LogP contribution in [0, 0.1) is 0 Å². The predicted octanol–water partition coefficient (Wildman–Crippen LogP) is 5.48. The van der Waals surface area contributed by atoms with E-state index in [1.807, 2.05) is 63.5 Å². The zero-order valence-corrected chi connectivity index (χ0v) is 19.9. The molecule has 0 saturated heterocycles. The number of anilines is 1. The lowest BCUT2D eigenvalue weighted by molar-refractivity contribution is 0.0985. The van der Waals surface area contributed by atoms with Gasteiger partial charge in [-0.2, -0.15) is 0 Å². The van der Waals surface area contributed by atoms with Gasteiger partial charge in [0.05, 0.1) is 16.9 Å². The van der Waals surface area contributed by atoms with Crippen LogP contribution in [-0.2, 0) is 0 Å². The highest BCUT2D eigenvalue weighted by molar-refractivity contribution is 9.10. The van der Waals surface area contributed by atoms with Gasteiger partial charge in [0.2, 0.25) is 0 Å². The maximum atomic E-state index is 13.3. The Morgan fingerprint density at radius 3 is 2.59 bits per heavy atom. The number of aromatic nitrogens is 1. The van der Waals surface area contributed by atoms with Gasteiger partial charge in [-0.25, -0.2) is 4.98 Å². The topological polar surface area (TPSA) is 45.7 Å². The monoisotopic (exact) mass is 497 g/mol. The minimum atomic E-state index is -0.0525. The van der Waals surface area contributed by atoms with E-state index in [9.17, 15) is 4.79 Å². The fraction of sp³-hybridized carbons (Fsp3) is 0.333. The first kappa shape index (κ1) is 23.6. The van der Waals surface area contributed by atoms with E-state index in [2.05, 4.69) is 20.8 Å². The maximum Gasteiger partial charge on any atom is 0.261 e. The van der Waals surface area contributed by atoms with Crippen LogP contribution >= 0.6 is 39.7 Å². The number of para-hydroxylation sites is 1. The Balaban J connectivity index is 0.00000300. The molecule has 0 radical (unpaired) electrons. The van der Waals surface area contributed by atoms with Gasteiger partial charge in [-0.05, 0) is 74.2 Å². The molecule has 0 unspecified atom stereocenters. The number of fused-ring (bicyclic) bond motifs is 1. The molecule has 1 heterocycles. The van der Waals surface area contributed by atoms with Crippen molar-refractivity contribution in [1.82, 2.24) is 9.88 Å². The van der Waals surface area contributed by atoms with E-state index in [1.165, 1.54) is 11.3 Å². The van der Waals surface area contributed by atoms with Crippen molar-refractivity contribution in [3.8, 4) is 5.75 Å². The van der Waals surface area contributed by atoms with Crippen LogP contribution in [0.5, 0.6) is 5.75 Å². The fourth-order valence-electron chi connectivity index (χ4n) is 2.91. The van der Waals surface area contributed by atoms with Crippen molar-refractivity contribution < 1.29 is 9.53 Å². The molecule has 5 nitrogen and oxygen atoms in total. The fourth-order valence-corrected chi connectivity index (χ4v) is 4.37. The number of amides is 1. The molecule has 1 amide bonds. The quantitative estimate of drug-likeness (QED) is 0.413. The lowest BCUT2D eigenvalue weighted by Crippen LogP contribution is -2.33. The van der Waals surface area contributed by atoms with Crippen LogP contribution in [0.15, 0.2) is 46.9 Å². The number of hydrogen-bond donors (Lipinski definition) is 0. The van der Waals surface area contributed by atoms with Crippen molar-refractivity contribution in [3.05, 3.63) is 52.5 Å². The Hall–Kier alpha value is -1.67. The molecule has 0 aliphatic carbocycles. The standard InChI is InChI=1S/C21H24BrN3O2S.ClH/c1-4-27-17-11-7-12-18-19(17)23-21(28-18)25(14-8-13-24(2)3)20(26)15-9-5-6-10-16(15)22;/h5-7,9-12H,4,8,13-14H2,1-3H3;1H. The first-order valence-corrected chi connectivity index (χ1v) is 10.9. The van der Waals surface area contributed by atoms with Crippen LogP contribution in [0.3, 0.4) is 0 Å². The summed E-state index contributed by atoms with van der Waals surface area (Å²) in [5.41, 5.74) is 1.44. The molecule has 29 heavy (non-hydrogen) atoms. The summed E-state index contributed by atoms with van der Waals surface area (Å²) in [5.74, 6) is 0.701. The summed E-state index contributed by atoms with van der Waals surface area (Å²) < 4.78 is 7.51. The Bertz CT molecular complexity index is 964. The summed E-state index contributed by atoms with van der Waals surface area (Å²) in [4.78, 5) is 22.0. The average molecular weight is 499 g/mol. The van der Waals surface area contributed by atoms with Crippen LogP contribution in [0.25, 0.3) is 10.2 Å². The molecule has 3 aromatic rings. The van der Waals surface area contributed by atoms with Gasteiger partial charge in [0.25, 0.3) is 5.91 Å². The lowest BCUT2D eigenvalue weighted by atomic mass is 10.2. The van der Waals surface area contributed by atoms with Gasteiger partial charge in [0, 0.05) is 11.0 Å². The highest BCUT2D eigenvalue weighted by Gasteiger charge is 2.23. The van der Waals surface area contributed by atoms with Crippen LogP contribution in [0.2, 0.25) is 0 Å². The van der Waals surface area contributed by atoms with Crippen molar-refractivity contribution in [2.75, 3.05) is 38.7 Å². The summed E-state index contributed by atoms with van der Waals surface area (Å²) in [6, 6.07) is 13.4. The molecule has 0 saturated carbocycles. The van der Waals surface area contributed by atoms with E-state index in [0.717, 1.165) is 33.4 Å². The molecule has 3 rings (SSSR count). The number of halogens is 2. The number of rotatable bonds is 8. The zero-order valence-electron chi connectivity index (χ0n) is 16.7. The van der Waals surface area contributed by atoms with Crippen molar-refractivity contribution in [1.29, 1.82) is 0 Å². The number of benzene rings is 2. The number of hydrogen-bond acceptors (Lipinski definition) is 5. The molecule has 0 aliphatic heterocycles. The molecule has 0 aliphatic rings. The van der Waals surface area contributed by atoms with Crippen LogP contribution in [0.4, 0.5) is 5.13 Å². The van der Waals surface area contributed by atoms with Crippen LogP contribution < -0.4 is 9.64 Å². The summed E-state index contributed by atoms with van der Waals surface area (Å²) in [5, 5.41) is 0.696. The van der Waals surface area contributed by atoms with Gasteiger partial charge < -0.3 is 9.64 Å². The lowest BCUT2D eigenvalue weighted by Gasteiger charge is -2.21. The van der Waals surface area contributed by atoms with Crippen LogP contribution in [-0.4, -0.2) is 49.6 Å². The minimum absolute atomic E-state index is 0. The van der Waals surface area contributed by atoms with E-state index in [0.29, 0.717) is 23.8 Å². The second-order valence-electron chi connectivity index (χ2n) is 6.63. The number of nitrogens with zero attached hydrogens (tertiary/aromatic N) is 3. The minimum Gasteiger partial charge on any atom is -0.492 e. The molecular weight excluding hydrogens is 474 g/mol. The molecule has 0 N–H and O–H groups in total. The smallest absolute Gasteiger partial charge is 0.261 e. The van der Waals surface area contributed by atoms with E-state index in [4.69, 9.17) is 9.72 Å². The number of thiazole rings is 1. The average Bonchev–Trinajstić information content (AvgIpc) is 3.10. The summed E-state index contributed by atoms with van der Waals surface area (Å²) in [6.45, 7) is 4.03. The largest absolute Gasteiger partial charge is 0.492 e. The first-order chi connectivity index (χ1) is 13.5. The molecule has 0 atom stereocenters. The number of carbonyl (C=O) groups excluding carboxylic acids is 1. The van der Waals surface area contributed by atoms with Crippen molar-refractivity contribution in [2.24, 2.45) is 0 Å². The highest BCUT2D eigenvalue weighted by atomic mass is 79.9. The van der Waals surface area contributed by atoms with E-state index in [-0.39, 0.29) is 18.3 Å². The highest BCUT2D eigenvalue weighted by Crippen LogP contribution is 2.35. The maximum absolute atomic E-state index is 13.3. The molecule has 0 fully saturated rings. The van der Waals surface area contributed by atoms with Gasteiger partial charge in [0.1, 0.15) is 11.3 Å². The van der Waals surface area contributed by atoms with Crippen molar-refractivity contribution >= 4 is 60.9 Å². The van der Waals surface area contributed by atoms with E-state index < -0.39 is 0 Å². The summed E-state index contributed by atoms with van der Waals surface area (Å²) in [7, 11) is 4.07. The Kier molecular flexibility index (Phi) is 8.89. The second-order valence-corrected chi connectivity index (χ2v) is 8.49. The Labute approximate surface area is 190 Å². The predicted molar refractivity (Wildman–Crippen MR) is 127 cm³/mol. The number of ether oxygens (including phenoxy) is 1. The van der Waals surface area contributed by atoms with Crippen molar-refractivity contribution in [3.63, 3.8) is 0 Å². The third kappa shape index (κ3) is 5.69. The molecule has 2 aromatic carbocycles. The van der Waals surface area contributed by atoms with Gasteiger partial charge in [-0.15, -0.1) is 12.4 Å². The number of carbonyl (C=O) groups is 1. The molecule has 0 spiro atoms. The molecule has 8 heteroatoms. The third-order valence-corrected chi connectivity index (χ3v) is 5.97. The Morgan fingerprint density at radius 2 is 1.90 bits per heavy atom. The van der Waals surface area contributed by atoms with Gasteiger partial charge >= 0.3 is 0 Å². The van der Waals surface area contributed by atoms with E-state index >= 15 is 0 Å². The molecule has 0 bridgehead atoms. The van der Waals surface area contributed by atoms with Gasteiger partial charge in [-0.1, -0.05) is 29.5 Å². The molecule has 1 aromatic heterocycles. The van der Waals surface area contributed by atoms with Crippen molar-refractivity contribution in [2.45, 2.75) is 13.3 Å². The zero-order chi connectivity index (χ0) is 20.1. The molecular formula is C21H25BrClN3O2S. The van der Waals surface area contributed by atoms with Gasteiger partial charge in [-0.3, -0.25) is 9.69 Å². The first-order valence-electron chi connectivity index (χ1n) is 9.24. The van der Waals surface area contributed by atoms with Gasteiger partial charge in [0.15, 0.2) is 5.13 Å². The van der Waals surface area contributed by atoms with Crippen LogP contribution in [0.1, 0.15) is 23.7 Å². The normalized spacial score (nSPS) is 10.8. The second kappa shape index (κ2) is 10.9. The third-order valence-electron chi connectivity index (χ3n) is 4.24. The SMILES string of the molecule is CCOc1cccc2sc(N(CCCN(C)C)C(=O)c3ccccc3Br)nc12.Cl. The summed E-state index contributed by atoms with van der Waals surface area (Å²) >= 11 is 5.02. The Morgan fingerprint density at radius 1 is 1.14 bits per heavy atom.